The van der Waals surface area contributed by atoms with Gasteiger partial charge in [-0.1, -0.05) is 16.9 Å². The van der Waals surface area contributed by atoms with E-state index in [1.54, 1.807) is 13.8 Å². The van der Waals surface area contributed by atoms with Crippen molar-refractivity contribution in [1.29, 1.82) is 0 Å². The van der Waals surface area contributed by atoms with Crippen LogP contribution in [0.2, 0.25) is 0 Å². The Labute approximate surface area is 198 Å². The molecule has 0 rings (SSSR count). The number of nitrogens with zero attached hydrogens (tertiary/aromatic N) is 2. The van der Waals surface area contributed by atoms with Gasteiger partial charge in [0.25, 0.3) is 0 Å². The molecule has 0 spiro atoms. The minimum absolute atomic E-state index is 0.0298. The first-order chi connectivity index (χ1) is 15.6. The van der Waals surface area contributed by atoms with E-state index >= 15 is 0 Å². The van der Waals surface area contributed by atoms with E-state index in [1.165, 1.54) is 0 Å². The number of oxime groups is 2. The summed E-state index contributed by atoms with van der Waals surface area (Å²) in [6, 6.07) is 0. The second-order valence-electron chi connectivity index (χ2n) is 8.72. The SMILES string of the molecule is C=C(NCCC(CCNC(=O)CCCC(=O)NCC)CCNC(C)(C)/C(C)=N\O)/C(C)=N\O. The summed E-state index contributed by atoms with van der Waals surface area (Å²) >= 11 is 0. The largest absolute Gasteiger partial charge is 0.411 e. The average Bonchev–Trinajstić information content (AvgIpc) is 2.77. The average molecular weight is 469 g/mol. The van der Waals surface area contributed by atoms with Crippen LogP contribution in [0.25, 0.3) is 0 Å². The van der Waals surface area contributed by atoms with Crippen molar-refractivity contribution in [2.75, 3.05) is 26.2 Å². The van der Waals surface area contributed by atoms with Crippen LogP contribution >= 0.6 is 0 Å². The monoisotopic (exact) mass is 468 g/mol. The first-order valence-electron chi connectivity index (χ1n) is 11.7. The van der Waals surface area contributed by atoms with Gasteiger partial charge in [-0.15, -0.1) is 0 Å². The van der Waals surface area contributed by atoms with Gasteiger partial charge in [0.1, 0.15) is 0 Å². The Hall–Kier alpha value is -2.62. The summed E-state index contributed by atoms with van der Waals surface area (Å²) in [5.41, 5.74) is 1.20. The third-order valence-electron chi connectivity index (χ3n) is 5.71. The summed E-state index contributed by atoms with van der Waals surface area (Å²) in [5.74, 6) is 0.244. The van der Waals surface area contributed by atoms with Crippen LogP contribution in [0.1, 0.15) is 73.1 Å². The molecule has 0 aromatic carbocycles. The maximum absolute atomic E-state index is 12.1. The number of carbonyl (C=O) groups is 2. The minimum Gasteiger partial charge on any atom is -0.411 e. The van der Waals surface area contributed by atoms with Gasteiger partial charge >= 0.3 is 0 Å². The van der Waals surface area contributed by atoms with Gasteiger partial charge in [0.05, 0.1) is 22.7 Å². The molecule has 1 unspecified atom stereocenters. The summed E-state index contributed by atoms with van der Waals surface area (Å²) < 4.78 is 0. The molecule has 0 aromatic rings. The summed E-state index contributed by atoms with van der Waals surface area (Å²) in [5, 5.41) is 36.6. The van der Waals surface area contributed by atoms with Crippen molar-refractivity contribution < 1.29 is 20.0 Å². The predicted molar refractivity (Wildman–Crippen MR) is 132 cm³/mol. The highest BCUT2D eigenvalue weighted by Gasteiger charge is 2.21. The summed E-state index contributed by atoms with van der Waals surface area (Å²) in [7, 11) is 0. The Morgan fingerprint density at radius 2 is 1.45 bits per heavy atom. The van der Waals surface area contributed by atoms with Crippen LogP contribution in [0.4, 0.5) is 0 Å². The second-order valence-corrected chi connectivity index (χ2v) is 8.72. The van der Waals surface area contributed by atoms with Gasteiger partial charge in [0.15, 0.2) is 0 Å². The molecule has 0 saturated heterocycles. The third kappa shape index (κ3) is 14.2. The molecule has 1 atom stereocenters. The van der Waals surface area contributed by atoms with Gasteiger partial charge in [-0.2, -0.15) is 0 Å². The first-order valence-corrected chi connectivity index (χ1v) is 11.7. The maximum Gasteiger partial charge on any atom is 0.220 e. The van der Waals surface area contributed by atoms with Crippen LogP contribution in [0, 0.1) is 5.92 Å². The summed E-state index contributed by atoms with van der Waals surface area (Å²) in [6.07, 6.45) is 3.74. The lowest BCUT2D eigenvalue weighted by molar-refractivity contribution is -0.122. The molecule has 0 aromatic heterocycles. The van der Waals surface area contributed by atoms with Gasteiger partial charge in [-0.25, -0.2) is 0 Å². The van der Waals surface area contributed by atoms with Gasteiger partial charge in [0.2, 0.25) is 11.8 Å². The van der Waals surface area contributed by atoms with Crippen molar-refractivity contribution in [3.8, 4) is 0 Å². The topological polar surface area (TPSA) is 147 Å². The molecule has 0 bridgehead atoms. The van der Waals surface area contributed by atoms with E-state index in [9.17, 15) is 9.59 Å². The number of rotatable bonds is 18. The summed E-state index contributed by atoms with van der Waals surface area (Å²) in [6.45, 7) is 15.6. The zero-order valence-corrected chi connectivity index (χ0v) is 21.0. The molecule has 10 heteroatoms. The Morgan fingerprint density at radius 1 is 0.909 bits per heavy atom. The number of allylic oxidation sites excluding steroid dienone is 1. The highest BCUT2D eigenvalue weighted by atomic mass is 16.4. The van der Waals surface area contributed by atoms with Crippen LogP contribution in [0.15, 0.2) is 22.6 Å². The van der Waals surface area contributed by atoms with Crippen LogP contribution in [-0.2, 0) is 9.59 Å². The summed E-state index contributed by atoms with van der Waals surface area (Å²) in [4.78, 5) is 23.5. The van der Waals surface area contributed by atoms with Crippen LogP contribution in [0.3, 0.4) is 0 Å². The molecule has 0 heterocycles. The lowest BCUT2D eigenvalue weighted by atomic mass is 9.95. The molecule has 33 heavy (non-hydrogen) atoms. The molecule has 2 amide bonds. The molecule has 6 N–H and O–H groups in total. The van der Waals surface area contributed by atoms with Crippen molar-refractivity contribution in [1.82, 2.24) is 21.3 Å². The van der Waals surface area contributed by atoms with Crippen LogP contribution in [-0.4, -0.2) is 65.4 Å². The molecule has 190 valence electrons. The van der Waals surface area contributed by atoms with Crippen molar-refractivity contribution in [3.63, 3.8) is 0 Å². The van der Waals surface area contributed by atoms with E-state index in [4.69, 9.17) is 10.4 Å². The molecular formula is C23H44N6O4. The molecule has 0 fully saturated rings. The van der Waals surface area contributed by atoms with Crippen molar-refractivity contribution in [3.05, 3.63) is 12.3 Å². The maximum atomic E-state index is 12.1. The molecule has 0 aliphatic heterocycles. The molecule has 0 saturated carbocycles. The molecule has 0 aliphatic carbocycles. The normalized spacial score (nSPS) is 13.4. The van der Waals surface area contributed by atoms with Gasteiger partial charge in [-0.3, -0.25) is 9.59 Å². The van der Waals surface area contributed by atoms with E-state index in [0.29, 0.717) is 61.9 Å². The fourth-order valence-corrected chi connectivity index (χ4v) is 3.09. The number of amides is 2. The highest BCUT2D eigenvalue weighted by molar-refractivity contribution is 5.96. The molecular weight excluding hydrogens is 424 g/mol. The number of hydrogen-bond acceptors (Lipinski definition) is 8. The quantitative estimate of drug-likeness (QED) is 0.103. The fourth-order valence-electron chi connectivity index (χ4n) is 3.09. The van der Waals surface area contributed by atoms with E-state index in [-0.39, 0.29) is 11.8 Å². The zero-order valence-electron chi connectivity index (χ0n) is 21.0. The number of nitrogens with one attached hydrogen (secondary N) is 4. The highest BCUT2D eigenvalue weighted by Crippen LogP contribution is 2.14. The van der Waals surface area contributed by atoms with Crippen LogP contribution < -0.4 is 21.3 Å². The van der Waals surface area contributed by atoms with E-state index in [1.807, 2.05) is 20.8 Å². The zero-order chi connectivity index (χ0) is 25.3. The Balaban J connectivity index is 4.58. The lowest BCUT2D eigenvalue weighted by Gasteiger charge is -2.27. The lowest BCUT2D eigenvalue weighted by Crippen LogP contribution is -2.46. The minimum atomic E-state index is -0.418. The third-order valence-corrected chi connectivity index (χ3v) is 5.71. The van der Waals surface area contributed by atoms with E-state index in [2.05, 4.69) is 38.2 Å². The molecule has 0 radical (unpaired) electrons. The number of hydrogen-bond donors (Lipinski definition) is 6. The van der Waals surface area contributed by atoms with E-state index < -0.39 is 5.54 Å². The second kappa shape index (κ2) is 16.9. The van der Waals surface area contributed by atoms with Crippen molar-refractivity contribution in [2.24, 2.45) is 16.2 Å². The van der Waals surface area contributed by atoms with Crippen molar-refractivity contribution >= 4 is 23.2 Å². The Kier molecular flexibility index (Phi) is 15.6. The smallest absolute Gasteiger partial charge is 0.220 e. The molecule has 0 aliphatic rings. The standard InChI is InChI=1S/C23H44N6O4/c1-7-24-21(30)9-8-10-22(31)26-15-12-20(11-14-25-17(2)18(3)28-32)13-16-27-23(5,6)19(4)29-33/h20,25,27,32-33H,2,7-16H2,1,3-6H3,(H,24,30)(H,26,31)/b28-18-,29-19-. The Morgan fingerprint density at radius 3 is 2.00 bits per heavy atom. The van der Waals surface area contributed by atoms with Gasteiger partial charge < -0.3 is 31.7 Å². The Bertz CT molecular complexity index is 676. The van der Waals surface area contributed by atoms with Gasteiger partial charge in [-0.05, 0) is 72.8 Å². The molecule has 10 nitrogen and oxygen atoms in total. The van der Waals surface area contributed by atoms with Crippen molar-refractivity contribution in [2.45, 2.75) is 78.7 Å². The van der Waals surface area contributed by atoms with Gasteiger partial charge in [0, 0.05) is 32.5 Å². The first kappa shape index (κ1) is 30.4. The fraction of sp³-hybridized carbons (Fsp3) is 0.739. The number of carbonyl (C=O) groups excluding carboxylic acids is 2. The van der Waals surface area contributed by atoms with E-state index in [0.717, 1.165) is 25.8 Å². The van der Waals surface area contributed by atoms with Crippen LogP contribution in [0.5, 0.6) is 0 Å². The predicted octanol–water partition coefficient (Wildman–Crippen LogP) is 2.37.